The smallest absolute Gasteiger partial charge is 0.323 e. The van der Waals surface area contributed by atoms with Crippen LogP contribution >= 0.6 is 26.2 Å². The lowest BCUT2D eigenvalue weighted by Gasteiger charge is -2.34. The summed E-state index contributed by atoms with van der Waals surface area (Å²) in [7, 11) is -3.56. The number of esters is 1. The van der Waals surface area contributed by atoms with Gasteiger partial charge in [0.05, 0.1) is 17.8 Å². The molecule has 0 spiro atoms. The molecule has 0 aliphatic heterocycles. The number of thiocarbonyl (C=S) groups is 1. The molecule has 0 fully saturated rings. The number of benzene rings is 4. The second kappa shape index (κ2) is 17.4. The predicted octanol–water partition coefficient (Wildman–Crippen LogP) is 9.59. The topological polar surface area (TPSA) is 95.1 Å². The van der Waals surface area contributed by atoms with E-state index in [2.05, 4.69) is 10.2 Å². The lowest BCUT2D eigenvalue weighted by Crippen LogP contribution is -2.40. The Kier molecular flexibility index (Phi) is 13.8. The fraction of sp³-hybridized carbons (Fsp3) is 0.368. The molecular formula is C38H48N2O6P2S2. The van der Waals surface area contributed by atoms with E-state index >= 15 is 0 Å². The van der Waals surface area contributed by atoms with Gasteiger partial charge in [0.25, 0.3) is 0 Å². The number of carbonyl (C=O) groups is 1. The molecule has 0 aliphatic rings. The van der Waals surface area contributed by atoms with Crippen molar-refractivity contribution in [3.8, 4) is 11.5 Å². The Bertz CT molecular complexity index is 1850. The first kappa shape index (κ1) is 39.7. The predicted molar refractivity (Wildman–Crippen MR) is 212 cm³/mol. The van der Waals surface area contributed by atoms with Gasteiger partial charge in [0.15, 0.2) is 11.5 Å². The highest BCUT2D eigenvalue weighted by Crippen LogP contribution is 2.56. The third-order valence-electron chi connectivity index (χ3n) is 7.97. The van der Waals surface area contributed by atoms with Gasteiger partial charge in [0, 0.05) is 11.0 Å². The number of hydrogen-bond donors (Lipinski definition) is 2. The summed E-state index contributed by atoms with van der Waals surface area (Å²) in [5.74, 6) is 0.721. The third-order valence-corrected chi connectivity index (χ3v) is 15.7. The minimum absolute atomic E-state index is 0.0504. The maximum Gasteiger partial charge on any atom is 0.323 e. The van der Waals surface area contributed by atoms with Crippen LogP contribution in [0.5, 0.6) is 11.5 Å². The molecule has 12 heteroatoms. The number of carbonyl (C=O) groups excluding carboxylic acids is 1. The summed E-state index contributed by atoms with van der Waals surface area (Å²) in [6.07, 6.45) is -2.39. The molecule has 0 heterocycles. The van der Waals surface area contributed by atoms with Crippen LogP contribution in [-0.4, -0.2) is 40.5 Å². The van der Waals surface area contributed by atoms with E-state index in [4.69, 9.17) is 42.5 Å². The molecule has 2 unspecified atom stereocenters. The van der Waals surface area contributed by atoms with Gasteiger partial charge in [-0.25, -0.2) is 10.2 Å². The molecule has 50 heavy (non-hydrogen) atoms. The molecule has 2 N–H and O–H groups in total. The molecule has 0 saturated heterocycles. The fourth-order valence-corrected chi connectivity index (χ4v) is 9.21. The maximum absolute atomic E-state index is 14.6. The highest BCUT2D eigenvalue weighted by atomic mass is 32.4. The first-order valence-electron chi connectivity index (χ1n) is 16.7. The van der Waals surface area contributed by atoms with E-state index in [-0.39, 0.29) is 12.3 Å². The van der Waals surface area contributed by atoms with E-state index in [1.165, 1.54) is 0 Å². The van der Waals surface area contributed by atoms with E-state index in [1.54, 1.807) is 13.0 Å². The van der Waals surface area contributed by atoms with Crippen molar-refractivity contribution in [2.24, 2.45) is 0 Å². The third kappa shape index (κ3) is 10.5. The molecule has 4 atom stereocenters. The Morgan fingerprint density at radius 2 is 1.48 bits per heavy atom. The van der Waals surface area contributed by atoms with E-state index in [0.717, 1.165) is 21.9 Å². The van der Waals surface area contributed by atoms with E-state index in [0.29, 0.717) is 29.6 Å². The monoisotopic (exact) mass is 754 g/mol. The second-order valence-electron chi connectivity index (χ2n) is 13.3. The van der Waals surface area contributed by atoms with Crippen LogP contribution in [0.4, 0.5) is 0 Å². The van der Waals surface area contributed by atoms with Crippen molar-refractivity contribution in [3.63, 3.8) is 0 Å². The molecule has 0 amide bonds. The van der Waals surface area contributed by atoms with Gasteiger partial charge >= 0.3 is 13.5 Å². The SMILES string of the molecule is CCOC(=O)[C@H](Cc1ccc2c(OP(=O)(N[C@@H](C)C(=S)OCc3ccccc3)C(C)(C)C)cccc2c1)NP(=S)(Oc1ccccc1)C(C)C. The van der Waals surface area contributed by atoms with Gasteiger partial charge in [-0.05, 0) is 99.8 Å². The summed E-state index contributed by atoms with van der Waals surface area (Å²) in [5, 5.41) is 7.75. The molecular weight excluding hydrogens is 707 g/mol. The fourth-order valence-electron chi connectivity index (χ4n) is 4.96. The summed E-state index contributed by atoms with van der Waals surface area (Å²) in [4.78, 5) is 13.3. The average Bonchev–Trinajstić information content (AvgIpc) is 3.07. The molecule has 4 rings (SSSR count). The maximum atomic E-state index is 14.6. The zero-order valence-electron chi connectivity index (χ0n) is 29.8. The number of para-hydroxylation sites is 1. The van der Waals surface area contributed by atoms with E-state index in [9.17, 15) is 9.36 Å². The second-order valence-corrected chi connectivity index (χ2v) is 20.9. The average molecular weight is 755 g/mol. The lowest BCUT2D eigenvalue weighted by molar-refractivity contribution is -0.145. The normalized spacial score (nSPS) is 15.4. The number of rotatable bonds is 16. The standard InChI is InChI=1S/C38H48N2O6P2S2/c1-8-43-36(41)34(40-47(50,27(2)3)45-32-19-13-10-14-20-32)25-30-22-23-33-31(24-30)18-15-21-35(33)46-48(42,38(5,6)7)39-28(4)37(49)44-26-29-16-11-9-12-17-29/h9-24,27-28,34H,8,25-26H2,1-7H3,(H,39,42)(H,40,50)/t28-,34-,47?,48?/m0/s1. The van der Waals surface area contributed by atoms with Crippen LogP contribution in [-0.2, 0) is 43.7 Å². The van der Waals surface area contributed by atoms with Crippen LogP contribution in [0.2, 0.25) is 0 Å². The van der Waals surface area contributed by atoms with Crippen molar-refractivity contribution in [1.82, 2.24) is 10.2 Å². The van der Waals surface area contributed by atoms with Gasteiger partial charge in [-0.1, -0.05) is 92.7 Å². The Morgan fingerprint density at radius 3 is 2.10 bits per heavy atom. The van der Waals surface area contributed by atoms with Gasteiger partial charge in [0.2, 0.25) is 0 Å². The van der Waals surface area contributed by atoms with E-state index in [1.807, 2.05) is 133 Å². The first-order valence-corrected chi connectivity index (χ1v) is 21.5. The zero-order chi connectivity index (χ0) is 36.5. The molecule has 4 aromatic rings. The Morgan fingerprint density at radius 1 is 0.820 bits per heavy atom. The van der Waals surface area contributed by atoms with Gasteiger partial charge < -0.3 is 18.5 Å². The molecule has 0 aliphatic carbocycles. The molecule has 0 aromatic heterocycles. The van der Waals surface area contributed by atoms with Crippen molar-refractivity contribution in [3.05, 3.63) is 108 Å². The molecule has 8 nitrogen and oxygen atoms in total. The van der Waals surface area contributed by atoms with Crippen molar-refractivity contribution in [1.29, 1.82) is 0 Å². The highest BCUT2D eigenvalue weighted by Gasteiger charge is 2.42. The van der Waals surface area contributed by atoms with Crippen molar-refractivity contribution in [2.75, 3.05) is 6.61 Å². The van der Waals surface area contributed by atoms with Crippen LogP contribution < -0.4 is 19.2 Å². The van der Waals surface area contributed by atoms with Crippen molar-refractivity contribution < 1.29 is 27.9 Å². The minimum Gasteiger partial charge on any atom is -0.481 e. The summed E-state index contributed by atoms with van der Waals surface area (Å²) >= 11 is 11.6. The summed E-state index contributed by atoms with van der Waals surface area (Å²) < 4.78 is 38.7. The zero-order valence-corrected chi connectivity index (χ0v) is 33.2. The first-order chi connectivity index (χ1) is 23.6. The number of fused-ring (bicyclic) bond motifs is 1. The largest absolute Gasteiger partial charge is 0.481 e. The van der Waals surface area contributed by atoms with Gasteiger partial charge in [-0.3, -0.25) is 9.36 Å². The lowest BCUT2D eigenvalue weighted by atomic mass is 10.0. The Labute approximate surface area is 307 Å². The molecule has 0 radical (unpaired) electrons. The summed E-state index contributed by atoms with van der Waals surface area (Å²) in [5.41, 5.74) is 1.82. The summed E-state index contributed by atoms with van der Waals surface area (Å²) in [6, 6.07) is 29.4. The molecule has 268 valence electrons. The van der Waals surface area contributed by atoms with Gasteiger partial charge in [0.1, 0.15) is 24.1 Å². The number of hydrogen-bond acceptors (Lipinski definition) is 8. The van der Waals surface area contributed by atoms with Crippen LogP contribution in [0, 0.1) is 0 Å². The van der Waals surface area contributed by atoms with Crippen LogP contribution in [0.15, 0.2) is 97.1 Å². The van der Waals surface area contributed by atoms with Gasteiger partial charge in [-0.2, -0.15) is 0 Å². The van der Waals surface area contributed by atoms with Crippen molar-refractivity contribution in [2.45, 2.75) is 84.4 Å². The Hall–Kier alpha value is -3.10. The molecule has 0 saturated carbocycles. The van der Waals surface area contributed by atoms with E-state index < -0.39 is 37.1 Å². The quantitative estimate of drug-likeness (QED) is 0.0655. The van der Waals surface area contributed by atoms with Crippen LogP contribution in [0.3, 0.4) is 0 Å². The minimum atomic E-state index is -3.56. The van der Waals surface area contributed by atoms with Crippen LogP contribution in [0.1, 0.15) is 59.6 Å². The number of nitrogens with one attached hydrogen (secondary N) is 2. The van der Waals surface area contributed by atoms with Gasteiger partial charge in [-0.15, -0.1) is 0 Å². The Balaban J connectivity index is 1.56. The van der Waals surface area contributed by atoms with Crippen LogP contribution in [0.25, 0.3) is 10.8 Å². The highest BCUT2D eigenvalue weighted by molar-refractivity contribution is 8.11. The molecule has 4 aromatic carbocycles. The van der Waals surface area contributed by atoms with Crippen molar-refractivity contribution >= 4 is 59.8 Å². The molecule has 0 bridgehead atoms. The number of ether oxygens (including phenoxy) is 2. The summed E-state index contributed by atoms with van der Waals surface area (Å²) in [6.45, 7) is 13.8.